The van der Waals surface area contributed by atoms with Gasteiger partial charge >= 0.3 is 12.0 Å². The molecule has 0 aliphatic rings. The molecule has 0 bridgehead atoms. The minimum atomic E-state index is -1.09. The van der Waals surface area contributed by atoms with Gasteiger partial charge in [-0.2, -0.15) is 0 Å². The van der Waals surface area contributed by atoms with E-state index in [0.717, 1.165) is 12.8 Å². The Morgan fingerprint density at radius 2 is 1.85 bits per heavy atom. The van der Waals surface area contributed by atoms with E-state index in [4.69, 9.17) is 16.7 Å². The van der Waals surface area contributed by atoms with Crippen molar-refractivity contribution in [3.8, 4) is 0 Å². The third-order valence-corrected chi connectivity index (χ3v) is 3.60. The van der Waals surface area contributed by atoms with Crippen LogP contribution in [-0.4, -0.2) is 22.6 Å². The van der Waals surface area contributed by atoms with E-state index in [1.165, 1.54) is 18.2 Å². The highest BCUT2D eigenvalue weighted by molar-refractivity contribution is 6.31. The molecule has 3 N–H and O–H groups in total. The fraction of sp³-hybridized carbons (Fsp3) is 0.429. The van der Waals surface area contributed by atoms with Crippen LogP contribution in [0.3, 0.4) is 0 Å². The van der Waals surface area contributed by atoms with Crippen molar-refractivity contribution in [1.82, 2.24) is 5.32 Å². The van der Waals surface area contributed by atoms with E-state index in [0.29, 0.717) is 5.69 Å². The molecule has 5 nitrogen and oxygen atoms in total. The van der Waals surface area contributed by atoms with Crippen molar-refractivity contribution in [3.05, 3.63) is 28.8 Å². The predicted octanol–water partition coefficient (Wildman–Crippen LogP) is 3.74. The lowest BCUT2D eigenvalue weighted by Crippen LogP contribution is -2.46. The number of rotatable bonds is 5. The summed E-state index contributed by atoms with van der Waals surface area (Å²) in [7, 11) is 0. The van der Waals surface area contributed by atoms with Crippen LogP contribution in [0.25, 0.3) is 0 Å². The second kappa shape index (κ2) is 6.61. The number of urea groups is 1. The highest BCUT2D eigenvalue weighted by atomic mass is 35.5. The number of halogens is 1. The minimum absolute atomic E-state index is 0.0292. The largest absolute Gasteiger partial charge is 0.478 e. The smallest absolute Gasteiger partial charge is 0.335 e. The zero-order valence-electron chi connectivity index (χ0n) is 11.8. The van der Waals surface area contributed by atoms with Crippen molar-refractivity contribution in [2.75, 3.05) is 5.32 Å². The number of carboxylic acids is 1. The number of carboxylic acid groups (broad SMARTS) is 1. The fourth-order valence-electron chi connectivity index (χ4n) is 1.65. The number of aromatic carboxylic acids is 1. The fourth-order valence-corrected chi connectivity index (χ4v) is 1.88. The number of nitrogens with one attached hydrogen (secondary N) is 2. The Labute approximate surface area is 123 Å². The molecular weight excluding hydrogens is 280 g/mol. The van der Waals surface area contributed by atoms with Crippen LogP contribution >= 0.6 is 11.6 Å². The molecule has 20 heavy (non-hydrogen) atoms. The second-order valence-corrected chi connectivity index (χ2v) is 5.32. The SMILES string of the molecule is CCC(C)(CC)NC(=O)Nc1cc(Cl)cc(C(=O)O)c1. The van der Waals surface area contributed by atoms with Gasteiger partial charge in [-0.05, 0) is 38.0 Å². The Kier molecular flexibility index (Phi) is 5.39. The van der Waals surface area contributed by atoms with E-state index in [-0.39, 0.29) is 22.2 Å². The van der Waals surface area contributed by atoms with Gasteiger partial charge in [0.05, 0.1) is 5.56 Å². The zero-order valence-corrected chi connectivity index (χ0v) is 12.5. The Balaban J connectivity index is 2.83. The van der Waals surface area contributed by atoms with Gasteiger partial charge in [-0.3, -0.25) is 0 Å². The topological polar surface area (TPSA) is 78.4 Å². The first kappa shape index (κ1) is 16.3. The van der Waals surface area contributed by atoms with Gasteiger partial charge in [-0.25, -0.2) is 9.59 Å². The third-order valence-electron chi connectivity index (χ3n) is 3.38. The summed E-state index contributed by atoms with van der Waals surface area (Å²) in [6.07, 6.45) is 1.60. The van der Waals surface area contributed by atoms with E-state index in [9.17, 15) is 9.59 Å². The summed E-state index contributed by atoms with van der Waals surface area (Å²) in [5.41, 5.74) is 0.0849. The number of carbonyl (C=O) groups excluding carboxylic acids is 1. The van der Waals surface area contributed by atoms with Crippen molar-refractivity contribution in [2.24, 2.45) is 0 Å². The van der Waals surface area contributed by atoms with Crippen LogP contribution in [0.2, 0.25) is 5.02 Å². The van der Waals surface area contributed by atoms with E-state index in [1.54, 1.807) is 0 Å². The molecule has 0 heterocycles. The van der Waals surface area contributed by atoms with Crippen molar-refractivity contribution >= 4 is 29.3 Å². The van der Waals surface area contributed by atoms with Gasteiger partial charge in [-0.1, -0.05) is 25.4 Å². The maximum Gasteiger partial charge on any atom is 0.335 e. The van der Waals surface area contributed by atoms with Crippen LogP contribution in [0.4, 0.5) is 10.5 Å². The second-order valence-electron chi connectivity index (χ2n) is 4.88. The molecule has 0 spiro atoms. The first-order valence-corrected chi connectivity index (χ1v) is 6.80. The normalized spacial score (nSPS) is 11.0. The van der Waals surface area contributed by atoms with Crippen LogP contribution in [-0.2, 0) is 0 Å². The summed E-state index contributed by atoms with van der Waals surface area (Å²) < 4.78 is 0. The molecule has 0 aromatic heterocycles. The van der Waals surface area contributed by atoms with Crippen molar-refractivity contribution in [1.29, 1.82) is 0 Å². The Bertz CT molecular complexity index is 513. The molecular formula is C14H19ClN2O3. The summed E-state index contributed by atoms with van der Waals surface area (Å²) >= 11 is 5.83. The predicted molar refractivity (Wildman–Crippen MR) is 79.6 cm³/mol. The first-order chi connectivity index (χ1) is 9.29. The molecule has 110 valence electrons. The van der Waals surface area contributed by atoms with Crippen LogP contribution in [0.5, 0.6) is 0 Å². The lowest BCUT2D eigenvalue weighted by molar-refractivity contribution is 0.0697. The Morgan fingerprint density at radius 1 is 1.25 bits per heavy atom. The van der Waals surface area contributed by atoms with E-state index in [2.05, 4.69) is 10.6 Å². The molecule has 1 aromatic carbocycles. The molecule has 0 aliphatic carbocycles. The maximum atomic E-state index is 11.9. The standard InChI is InChI=1S/C14H19ClN2O3/c1-4-14(3,5-2)17-13(20)16-11-7-9(12(18)19)6-10(15)8-11/h6-8H,4-5H2,1-3H3,(H,18,19)(H2,16,17,20). The van der Waals surface area contributed by atoms with Crippen molar-refractivity contribution < 1.29 is 14.7 Å². The molecule has 0 radical (unpaired) electrons. The summed E-state index contributed by atoms with van der Waals surface area (Å²) in [6.45, 7) is 5.94. The highest BCUT2D eigenvalue weighted by Gasteiger charge is 2.22. The molecule has 6 heteroatoms. The number of amides is 2. The Hall–Kier alpha value is -1.75. The van der Waals surface area contributed by atoms with Crippen molar-refractivity contribution in [2.45, 2.75) is 39.2 Å². The van der Waals surface area contributed by atoms with E-state index in [1.807, 2.05) is 20.8 Å². The van der Waals surface area contributed by atoms with Crippen LogP contribution < -0.4 is 10.6 Å². The number of hydrogen-bond acceptors (Lipinski definition) is 2. The quantitative estimate of drug-likeness (QED) is 0.775. The molecule has 1 rings (SSSR count). The number of hydrogen-bond donors (Lipinski definition) is 3. The van der Waals surface area contributed by atoms with E-state index >= 15 is 0 Å². The average molecular weight is 299 g/mol. The lowest BCUT2D eigenvalue weighted by atomic mass is 9.96. The number of anilines is 1. The number of carbonyl (C=O) groups is 2. The van der Waals surface area contributed by atoms with Crippen LogP contribution in [0.15, 0.2) is 18.2 Å². The van der Waals surface area contributed by atoms with Crippen LogP contribution in [0, 0.1) is 0 Å². The molecule has 2 amide bonds. The lowest BCUT2D eigenvalue weighted by Gasteiger charge is -2.28. The molecule has 0 atom stereocenters. The Morgan fingerprint density at radius 3 is 2.35 bits per heavy atom. The van der Waals surface area contributed by atoms with Gasteiger partial charge < -0.3 is 15.7 Å². The summed E-state index contributed by atoms with van der Waals surface area (Å²) in [6, 6.07) is 3.82. The minimum Gasteiger partial charge on any atom is -0.478 e. The summed E-state index contributed by atoms with van der Waals surface area (Å²) in [4.78, 5) is 22.9. The van der Waals surface area contributed by atoms with Gasteiger partial charge in [0.15, 0.2) is 0 Å². The molecule has 0 aliphatic heterocycles. The first-order valence-electron chi connectivity index (χ1n) is 6.42. The molecule has 0 fully saturated rings. The molecule has 1 aromatic rings. The van der Waals surface area contributed by atoms with Crippen molar-refractivity contribution in [3.63, 3.8) is 0 Å². The third kappa shape index (κ3) is 4.42. The molecule has 0 saturated carbocycles. The van der Waals surface area contributed by atoms with Gasteiger partial charge in [0.2, 0.25) is 0 Å². The van der Waals surface area contributed by atoms with E-state index < -0.39 is 5.97 Å². The van der Waals surface area contributed by atoms with Gasteiger partial charge in [0.25, 0.3) is 0 Å². The van der Waals surface area contributed by atoms with Crippen LogP contribution in [0.1, 0.15) is 44.0 Å². The van der Waals surface area contributed by atoms with Gasteiger partial charge in [0, 0.05) is 16.2 Å². The summed E-state index contributed by atoms with van der Waals surface area (Å²) in [5.74, 6) is -1.09. The maximum absolute atomic E-state index is 11.9. The number of benzene rings is 1. The van der Waals surface area contributed by atoms with Gasteiger partial charge in [-0.15, -0.1) is 0 Å². The monoisotopic (exact) mass is 298 g/mol. The highest BCUT2D eigenvalue weighted by Crippen LogP contribution is 2.20. The molecule has 0 unspecified atom stereocenters. The van der Waals surface area contributed by atoms with Gasteiger partial charge in [0.1, 0.15) is 0 Å². The average Bonchev–Trinajstić information content (AvgIpc) is 2.37. The zero-order chi connectivity index (χ0) is 15.3. The summed E-state index contributed by atoms with van der Waals surface area (Å²) in [5, 5.41) is 14.7. The molecule has 0 saturated heterocycles.